The molecule has 3 heteroatoms. The summed E-state index contributed by atoms with van der Waals surface area (Å²) in [7, 11) is 0. The fourth-order valence-corrected chi connectivity index (χ4v) is 1.83. The van der Waals surface area contributed by atoms with Crippen molar-refractivity contribution in [2.24, 2.45) is 5.92 Å². The third kappa shape index (κ3) is 4.00. The van der Waals surface area contributed by atoms with Crippen LogP contribution < -0.4 is 4.74 Å². The van der Waals surface area contributed by atoms with E-state index in [-0.39, 0.29) is 0 Å². The summed E-state index contributed by atoms with van der Waals surface area (Å²) in [5, 5.41) is 0. The Labute approximate surface area is 108 Å². The molecule has 1 saturated carbocycles. The Morgan fingerprint density at radius 2 is 1.89 bits per heavy atom. The van der Waals surface area contributed by atoms with Crippen molar-refractivity contribution in [1.29, 1.82) is 0 Å². The molecule has 1 aliphatic carbocycles. The molecule has 0 amide bonds. The smallest absolute Gasteiger partial charge is 0.119 e. The Morgan fingerprint density at radius 1 is 1.11 bits per heavy atom. The Kier molecular flexibility index (Phi) is 3.81. The normalized spacial score (nSPS) is 21.9. The molecule has 2 aliphatic rings. The zero-order valence-electron chi connectivity index (χ0n) is 10.6. The predicted molar refractivity (Wildman–Crippen MR) is 68.9 cm³/mol. The van der Waals surface area contributed by atoms with Gasteiger partial charge in [0.15, 0.2) is 0 Å². The minimum atomic E-state index is 0.320. The van der Waals surface area contributed by atoms with Crippen molar-refractivity contribution in [3.05, 3.63) is 29.8 Å². The molecule has 1 aromatic rings. The van der Waals surface area contributed by atoms with Gasteiger partial charge in [-0.2, -0.15) is 0 Å². The van der Waals surface area contributed by atoms with Gasteiger partial charge in [0.2, 0.25) is 0 Å². The van der Waals surface area contributed by atoms with Crippen LogP contribution in [0, 0.1) is 5.92 Å². The van der Waals surface area contributed by atoms with Crippen LogP contribution in [0.3, 0.4) is 0 Å². The van der Waals surface area contributed by atoms with E-state index in [0.29, 0.717) is 12.7 Å². The molecule has 3 rings (SSSR count). The number of hydrogen-bond acceptors (Lipinski definition) is 3. The fraction of sp³-hybridized carbons (Fsp3) is 0.600. The molecular formula is C15H20O3. The molecule has 1 atom stereocenters. The summed E-state index contributed by atoms with van der Waals surface area (Å²) < 4.78 is 16.3. The highest BCUT2D eigenvalue weighted by atomic mass is 16.6. The first-order chi connectivity index (χ1) is 8.90. The zero-order chi connectivity index (χ0) is 12.2. The summed E-state index contributed by atoms with van der Waals surface area (Å²) in [6.07, 6.45) is 4.02. The van der Waals surface area contributed by atoms with Gasteiger partial charge in [0.05, 0.1) is 13.2 Å². The molecule has 0 bridgehead atoms. The number of epoxide rings is 1. The van der Waals surface area contributed by atoms with Crippen LogP contribution in [0.2, 0.25) is 0 Å². The molecule has 1 heterocycles. The van der Waals surface area contributed by atoms with Crippen molar-refractivity contribution in [2.45, 2.75) is 25.4 Å². The van der Waals surface area contributed by atoms with Gasteiger partial charge in [0.1, 0.15) is 18.5 Å². The number of benzene rings is 1. The summed E-state index contributed by atoms with van der Waals surface area (Å²) in [6.45, 7) is 3.29. The van der Waals surface area contributed by atoms with Gasteiger partial charge >= 0.3 is 0 Å². The zero-order valence-corrected chi connectivity index (χ0v) is 10.6. The lowest BCUT2D eigenvalue weighted by atomic mass is 10.1. The molecule has 3 nitrogen and oxygen atoms in total. The molecule has 1 aromatic carbocycles. The van der Waals surface area contributed by atoms with Crippen molar-refractivity contribution < 1.29 is 14.2 Å². The lowest BCUT2D eigenvalue weighted by Gasteiger charge is -2.06. The van der Waals surface area contributed by atoms with E-state index < -0.39 is 0 Å². The molecule has 2 fully saturated rings. The molecule has 0 aromatic heterocycles. The van der Waals surface area contributed by atoms with Gasteiger partial charge in [-0.25, -0.2) is 0 Å². The predicted octanol–water partition coefficient (Wildman–Crippen LogP) is 2.43. The van der Waals surface area contributed by atoms with Gasteiger partial charge in [0, 0.05) is 6.61 Å². The number of rotatable bonds is 8. The standard InChI is InChI=1S/C15H20O3/c1-2-13(1)9-16-8-7-12-3-5-14(6-4-12)17-10-15-11-18-15/h3-6,13,15H,1-2,7-11H2. The Hall–Kier alpha value is -1.06. The first kappa shape index (κ1) is 12.0. The maximum absolute atomic E-state index is 5.63. The summed E-state index contributed by atoms with van der Waals surface area (Å²) in [4.78, 5) is 0. The first-order valence-electron chi connectivity index (χ1n) is 6.81. The SMILES string of the molecule is c1cc(OCC2CO2)ccc1CCOCC1CC1. The lowest BCUT2D eigenvalue weighted by Crippen LogP contribution is -2.04. The van der Waals surface area contributed by atoms with Crippen LogP contribution in [0.4, 0.5) is 0 Å². The van der Waals surface area contributed by atoms with Crippen molar-refractivity contribution >= 4 is 0 Å². The van der Waals surface area contributed by atoms with Gasteiger partial charge in [-0.05, 0) is 42.9 Å². The Balaban J connectivity index is 1.35. The number of hydrogen-bond donors (Lipinski definition) is 0. The molecule has 1 aliphatic heterocycles. The van der Waals surface area contributed by atoms with Gasteiger partial charge < -0.3 is 14.2 Å². The van der Waals surface area contributed by atoms with Gasteiger partial charge in [0.25, 0.3) is 0 Å². The third-order valence-electron chi connectivity index (χ3n) is 3.35. The Morgan fingerprint density at radius 3 is 2.56 bits per heavy atom. The average Bonchev–Trinajstić information content (AvgIpc) is 3.28. The highest BCUT2D eigenvalue weighted by Gasteiger charge is 2.23. The maximum Gasteiger partial charge on any atom is 0.119 e. The van der Waals surface area contributed by atoms with E-state index in [2.05, 4.69) is 12.1 Å². The maximum atomic E-state index is 5.63. The summed E-state index contributed by atoms with van der Waals surface area (Å²) in [5.41, 5.74) is 1.31. The summed E-state index contributed by atoms with van der Waals surface area (Å²) >= 11 is 0. The second-order valence-electron chi connectivity index (χ2n) is 5.18. The van der Waals surface area contributed by atoms with Crippen molar-refractivity contribution in [2.75, 3.05) is 26.4 Å². The van der Waals surface area contributed by atoms with Crippen molar-refractivity contribution in [3.63, 3.8) is 0 Å². The monoisotopic (exact) mass is 248 g/mol. The molecule has 0 N–H and O–H groups in total. The van der Waals surface area contributed by atoms with E-state index >= 15 is 0 Å². The molecule has 18 heavy (non-hydrogen) atoms. The van der Waals surface area contributed by atoms with Crippen LogP contribution in [0.25, 0.3) is 0 Å². The van der Waals surface area contributed by atoms with E-state index in [1.807, 2.05) is 12.1 Å². The molecule has 0 spiro atoms. The lowest BCUT2D eigenvalue weighted by molar-refractivity contribution is 0.127. The van der Waals surface area contributed by atoms with Crippen LogP contribution >= 0.6 is 0 Å². The first-order valence-corrected chi connectivity index (χ1v) is 6.81. The Bertz CT molecular complexity index is 366. The highest BCUT2D eigenvalue weighted by Crippen LogP contribution is 2.28. The summed E-state index contributed by atoms with van der Waals surface area (Å²) in [5.74, 6) is 1.78. The minimum absolute atomic E-state index is 0.320. The molecular weight excluding hydrogens is 228 g/mol. The van der Waals surface area contributed by atoms with Crippen molar-refractivity contribution in [3.8, 4) is 5.75 Å². The molecule has 1 saturated heterocycles. The largest absolute Gasteiger partial charge is 0.491 e. The molecule has 98 valence electrons. The van der Waals surface area contributed by atoms with Crippen LogP contribution in [-0.2, 0) is 15.9 Å². The van der Waals surface area contributed by atoms with Crippen LogP contribution in [0.1, 0.15) is 18.4 Å². The van der Waals surface area contributed by atoms with Crippen LogP contribution in [0.5, 0.6) is 5.75 Å². The van der Waals surface area contributed by atoms with E-state index in [9.17, 15) is 0 Å². The van der Waals surface area contributed by atoms with Gasteiger partial charge in [-0.3, -0.25) is 0 Å². The second-order valence-corrected chi connectivity index (χ2v) is 5.18. The topological polar surface area (TPSA) is 31.0 Å². The number of ether oxygens (including phenoxy) is 3. The molecule has 1 unspecified atom stereocenters. The van der Waals surface area contributed by atoms with E-state index in [1.54, 1.807) is 0 Å². The average molecular weight is 248 g/mol. The summed E-state index contributed by atoms with van der Waals surface area (Å²) in [6, 6.07) is 8.28. The van der Waals surface area contributed by atoms with Crippen LogP contribution in [0.15, 0.2) is 24.3 Å². The van der Waals surface area contributed by atoms with E-state index in [4.69, 9.17) is 14.2 Å². The minimum Gasteiger partial charge on any atom is -0.491 e. The quantitative estimate of drug-likeness (QED) is 0.523. The second kappa shape index (κ2) is 5.72. The van der Waals surface area contributed by atoms with Crippen LogP contribution in [-0.4, -0.2) is 32.5 Å². The van der Waals surface area contributed by atoms with E-state index in [1.165, 1.54) is 18.4 Å². The van der Waals surface area contributed by atoms with Gasteiger partial charge in [-0.1, -0.05) is 12.1 Å². The van der Waals surface area contributed by atoms with Gasteiger partial charge in [-0.15, -0.1) is 0 Å². The highest BCUT2D eigenvalue weighted by molar-refractivity contribution is 5.27. The van der Waals surface area contributed by atoms with Crippen molar-refractivity contribution in [1.82, 2.24) is 0 Å². The fourth-order valence-electron chi connectivity index (χ4n) is 1.83. The third-order valence-corrected chi connectivity index (χ3v) is 3.35. The molecule has 0 radical (unpaired) electrons. The van der Waals surface area contributed by atoms with E-state index in [0.717, 1.165) is 37.9 Å².